The largest absolute Gasteiger partial charge is 0.461 e. The number of methoxy groups -OCH3 is 2. The van der Waals surface area contributed by atoms with Crippen LogP contribution in [0, 0.1) is 52.8 Å². The molecule has 79 heavy (non-hydrogen) atoms. The van der Waals surface area contributed by atoms with Gasteiger partial charge < -0.3 is 76.9 Å². The lowest BCUT2D eigenvalue weighted by atomic mass is 9.74. The highest BCUT2D eigenvalue weighted by molar-refractivity contribution is 5.91. The van der Waals surface area contributed by atoms with Crippen molar-refractivity contribution in [2.24, 2.45) is 41.4 Å². The Bertz CT molecular complexity index is 2070. The lowest BCUT2D eigenvalue weighted by molar-refractivity contribution is -0.305. The number of Topliss-reactive ketones (excluding diaryl/α,β-unsaturated/α-hetero) is 1. The summed E-state index contributed by atoms with van der Waals surface area (Å²) < 4.78 is 76.6. The van der Waals surface area contributed by atoms with Gasteiger partial charge >= 0.3 is 18.0 Å². The fourth-order valence-electron chi connectivity index (χ4n) is 12.4. The summed E-state index contributed by atoms with van der Waals surface area (Å²) in [6.45, 7) is 28.0. The number of ether oxygens (including phenoxy) is 12. The summed E-state index contributed by atoms with van der Waals surface area (Å²) >= 11 is 0. The molecule has 0 aromatic rings. The minimum atomic E-state index is -1.95. The molecule has 0 aromatic heterocycles. The van der Waals surface area contributed by atoms with E-state index < -0.39 is 145 Å². The molecule has 24 atom stereocenters. The molecule has 5 saturated heterocycles. The number of nitrogens with zero attached hydrogens (tertiary/aromatic N) is 3. The average molecular weight is 1120 g/mol. The number of aliphatic hydroxyl groups is 2. The summed E-state index contributed by atoms with van der Waals surface area (Å²) in [6.07, 6.45) is -12.8. The number of hydrogen-bond acceptors (Lipinski definition) is 20. The van der Waals surface area contributed by atoms with Gasteiger partial charge in [0, 0.05) is 63.5 Å². The van der Waals surface area contributed by atoms with Crippen LogP contribution in [0.15, 0.2) is 11.6 Å². The monoisotopic (exact) mass is 1120 g/mol. The van der Waals surface area contributed by atoms with Crippen molar-refractivity contribution < 1.29 is 86.2 Å². The number of hydrogen-bond donors (Lipinski definition) is 2. The first-order valence-electron chi connectivity index (χ1n) is 28.7. The van der Waals surface area contributed by atoms with E-state index in [2.05, 4.69) is 11.8 Å². The number of carbonyl (C=O) groups is 4. The molecule has 5 aliphatic heterocycles. The van der Waals surface area contributed by atoms with Crippen LogP contribution >= 0.6 is 0 Å². The van der Waals surface area contributed by atoms with E-state index in [0.717, 1.165) is 0 Å². The van der Waals surface area contributed by atoms with E-state index in [9.17, 15) is 25.1 Å². The molecule has 0 aliphatic carbocycles. The van der Waals surface area contributed by atoms with Gasteiger partial charge in [-0.2, -0.15) is 5.26 Å². The zero-order valence-electron chi connectivity index (χ0n) is 50.4. The number of carbonyl (C=O) groups excluding carboxylic acids is 4. The highest BCUT2D eigenvalue weighted by Crippen LogP contribution is 2.41. The Balaban J connectivity index is 1.72. The molecule has 1 amide bonds. The molecule has 21 nitrogen and oxygen atoms in total. The number of ketones is 1. The predicted molar refractivity (Wildman–Crippen MR) is 288 cm³/mol. The maximum absolute atomic E-state index is 15.9. The van der Waals surface area contributed by atoms with Crippen molar-refractivity contribution in [3.63, 3.8) is 0 Å². The molecule has 5 heterocycles. The molecule has 0 unspecified atom stereocenters. The number of allylic oxidation sites excluding steroid dienone is 1. The Kier molecular flexibility index (Phi) is 24.6. The van der Waals surface area contributed by atoms with Crippen LogP contribution in [0.25, 0.3) is 0 Å². The van der Waals surface area contributed by atoms with Crippen molar-refractivity contribution in [2.45, 2.75) is 239 Å². The summed E-state index contributed by atoms with van der Waals surface area (Å²) in [7, 11) is 4.92. The van der Waals surface area contributed by atoms with Crippen molar-refractivity contribution in [1.29, 1.82) is 5.26 Å². The fourth-order valence-corrected chi connectivity index (χ4v) is 12.4. The van der Waals surface area contributed by atoms with Gasteiger partial charge in [-0.1, -0.05) is 48.5 Å². The molecule has 0 bridgehead atoms. The number of rotatable bonds is 14. The molecule has 5 aliphatic rings. The third kappa shape index (κ3) is 16.9. The highest BCUT2D eigenvalue weighted by atomic mass is 16.7. The topological polar surface area (TPSA) is 250 Å². The van der Waals surface area contributed by atoms with E-state index in [4.69, 9.17) is 56.8 Å². The van der Waals surface area contributed by atoms with Crippen LogP contribution < -0.4 is 0 Å². The molecule has 0 aromatic carbocycles. The molecule has 5 rings (SSSR count). The summed E-state index contributed by atoms with van der Waals surface area (Å²) in [5.41, 5.74) is -1.54. The third-order valence-electron chi connectivity index (χ3n) is 16.7. The molecule has 2 N–H and O–H groups in total. The molecule has 0 saturated carbocycles. The Hall–Kier alpha value is -3.37. The van der Waals surface area contributed by atoms with E-state index in [1.54, 1.807) is 48.5 Å². The number of amides is 1. The Morgan fingerprint density at radius 1 is 0.785 bits per heavy atom. The zero-order chi connectivity index (χ0) is 59.0. The Morgan fingerprint density at radius 2 is 1.42 bits per heavy atom. The maximum atomic E-state index is 15.9. The van der Waals surface area contributed by atoms with Crippen molar-refractivity contribution >= 4 is 23.8 Å². The fraction of sp³-hybridized carbons (Fsp3) is 0.879. The van der Waals surface area contributed by atoms with Gasteiger partial charge in [-0.25, -0.2) is 4.79 Å². The Labute approximate surface area is 469 Å². The summed E-state index contributed by atoms with van der Waals surface area (Å²) in [5.74, 6) is -7.39. The minimum Gasteiger partial charge on any atom is -0.461 e. The first kappa shape index (κ1) is 66.4. The van der Waals surface area contributed by atoms with Crippen molar-refractivity contribution in [3.8, 4) is 6.07 Å². The summed E-state index contributed by atoms with van der Waals surface area (Å²) in [4.78, 5) is 63.7. The minimum absolute atomic E-state index is 0.00753. The van der Waals surface area contributed by atoms with Gasteiger partial charge in [-0.3, -0.25) is 14.4 Å². The number of esters is 2. The molecular formula is C58H97N3O18. The normalized spacial score (nSPS) is 42.6. The SMILES string of the molecule is CO[C@@H]1[C@H](O)[C@@H](C)O[C@@H](OC[C@H](C)[C@H]2OC(=O)[C@H](C)[C@@H](O[C@H]3C[C@@H](C)N(C)C[C@H](C)O3)[C@H](C)[C@@H](O[C@@H]3O[C@H](C)C/C(=C\C#N)[C@H]3O)[C@@H](C)C[C@](C)(OC(=O)N3C[C@@H](C)O[C@@H](C)C3)C(=O)[C@H](C)[C@H](OC(=O)CC(C)C)[C@H]2C)[C@@H]1OC. The molecular weight excluding hydrogens is 1030 g/mol. The van der Waals surface area contributed by atoms with Crippen molar-refractivity contribution in [1.82, 2.24) is 9.80 Å². The average Bonchev–Trinajstić information content (AvgIpc) is 3.55. The summed E-state index contributed by atoms with van der Waals surface area (Å²) in [6, 6.07) is 2.03. The number of aliphatic hydroxyl groups excluding tert-OH is 2. The van der Waals surface area contributed by atoms with Gasteiger partial charge in [0.25, 0.3) is 0 Å². The Morgan fingerprint density at radius 3 is 2.03 bits per heavy atom. The van der Waals surface area contributed by atoms with E-state index in [0.29, 0.717) is 18.5 Å². The molecule has 452 valence electrons. The number of cyclic esters (lactones) is 1. The van der Waals surface area contributed by atoms with Gasteiger partial charge in [0.1, 0.15) is 36.6 Å². The van der Waals surface area contributed by atoms with Crippen LogP contribution in [0.1, 0.15) is 130 Å². The lowest BCUT2D eigenvalue weighted by Gasteiger charge is -2.45. The van der Waals surface area contributed by atoms with Gasteiger partial charge in [-0.15, -0.1) is 0 Å². The number of nitriles is 1. The smallest absolute Gasteiger partial charge is 0.410 e. The van der Waals surface area contributed by atoms with E-state index >= 15 is 9.59 Å². The van der Waals surface area contributed by atoms with Crippen LogP contribution in [0.3, 0.4) is 0 Å². The molecule has 0 radical (unpaired) electrons. The van der Waals surface area contributed by atoms with Gasteiger partial charge in [0.15, 0.2) is 30.3 Å². The standard InChI is InChI=1S/C58H97N3O18/c1-29(2)21-43(62)75-49-38(11)48(31(4)28-70-56-52(69-18)51(68-17)45(63)41(14)74-56)77-54(66)40(13)50(76-44-22-32(5)60(16)25-34(7)72-44)37(10)47(78-55-46(64)42(19-20-59)23-33(6)73-55)30(3)24-58(15,53(65)39(49)12)79-57(67)61-26-35(8)71-36(9)27-61/h19,29-41,44-52,55-56,63-64H,21-28H2,1-18H3/b42-19+/t30-,31-,32+,33+,34-,35-,36+,37+,38-,39+,40+,41+,44-,45+,46+,47-,48+,49+,50-,51+,52+,55-,56+,58-/m0/s1. The second-order valence-corrected chi connectivity index (χ2v) is 24.4. The maximum Gasteiger partial charge on any atom is 0.410 e. The third-order valence-corrected chi connectivity index (χ3v) is 16.7. The van der Waals surface area contributed by atoms with Gasteiger partial charge in [-0.05, 0) is 92.7 Å². The first-order chi connectivity index (χ1) is 37.0. The number of likely N-dealkylation sites (N-methyl/N-ethyl adjacent to an activating group) is 1. The van der Waals surface area contributed by atoms with Crippen LogP contribution in [-0.2, 0) is 71.2 Å². The highest BCUT2D eigenvalue weighted by Gasteiger charge is 2.53. The summed E-state index contributed by atoms with van der Waals surface area (Å²) in [5, 5.41) is 32.5. The van der Waals surface area contributed by atoms with Crippen LogP contribution in [0.2, 0.25) is 0 Å². The van der Waals surface area contributed by atoms with Crippen LogP contribution in [0.5, 0.6) is 0 Å². The quantitative estimate of drug-likeness (QED) is 0.115. The van der Waals surface area contributed by atoms with Gasteiger partial charge in [0.2, 0.25) is 0 Å². The van der Waals surface area contributed by atoms with E-state index in [-0.39, 0.29) is 69.2 Å². The van der Waals surface area contributed by atoms with E-state index in [1.807, 2.05) is 61.6 Å². The van der Waals surface area contributed by atoms with E-state index in [1.165, 1.54) is 25.2 Å². The second kappa shape index (κ2) is 29.2. The van der Waals surface area contributed by atoms with Crippen molar-refractivity contribution in [3.05, 3.63) is 11.6 Å². The predicted octanol–water partition coefficient (Wildman–Crippen LogP) is 5.97. The van der Waals surface area contributed by atoms with Crippen molar-refractivity contribution in [2.75, 3.05) is 47.5 Å². The van der Waals surface area contributed by atoms with Gasteiger partial charge in [0.05, 0.1) is 80.3 Å². The molecule has 0 spiro atoms. The van der Waals surface area contributed by atoms with Crippen LogP contribution in [0.4, 0.5) is 4.79 Å². The second-order valence-electron chi connectivity index (χ2n) is 24.4. The lowest BCUT2D eigenvalue weighted by Crippen LogP contribution is -2.59. The number of morpholine rings is 1. The van der Waals surface area contributed by atoms with Crippen LogP contribution in [-0.4, -0.2) is 201 Å². The zero-order valence-corrected chi connectivity index (χ0v) is 50.4. The molecule has 21 heteroatoms. The first-order valence-corrected chi connectivity index (χ1v) is 28.7. The molecule has 5 fully saturated rings.